The van der Waals surface area contributed by atoms with Crippen molar-refractivity contribution >= 4 is 31.9 Å². The lowest BCUT2D eigenvalue weighted by Crippen LogP contribution is -2.51. The lowest BCUT2D eigenvalue weighted by Gasteiger charge is -2.33. The first kappa shape index (κ1) is 17.8. The minimum absolute atomic E-state index is 0.0618. The molecular formula is C16H16BrN3O4S. The largest absolute Gasteiger partial charge is 0.336 e. The van der Waals surface area contributed by atoms with Crippen LogP contribution >= 0.6 is 15.9 Å². The number of sulfonamides is 1. The fourth-order valence-corrected chi connectivity index (χ4v) is 4.33. The molecule has 9 heteroatoms. The molecular weight excluding hydrogens is 410 g/mol. The van der Waals surface area contributed by atoms with Crippen molar-refractivity contribution in [2.75, 3.05) is 26.2 Å². The van der Waals surface area contributed by atoms with Crippen LogP contribution in [0.25, 0.3) is 0 Å². The number of halogens is 1. The number of rotatable bonds is 3. The van der Waals surface area contributed by atoms with E-state index in [1.165, 1.54) is 21.5 Å². The second-order valence-electron chi connectivity index (χ2n) is 5.56. The second-order valence-corrected chi connectivity index (χ2v) is 8.42. The second kappa shape index (κ2) is 7.11. The molecule has 0 radical (unpaired) electrons. The molecule has 0 spiro atoms. The van der Waals surface area contributed by atoms with Crippen molar-refractivity contribution in [2.24, 2.45) is 0 Å². The van der Waals surface area contributed by atoms with Crippen LogP contribution in [0.15, 0.2) is 56.8 Å². The summed E-state index contributed by atoms with van der Waals surface area (Å²) in [6.45, 7) is 0.857. The van der Waals surface area contributed by atoms with E-state index >= 15 is 0 Å². The van der Waals surface area contributed by atoms with Crippen molar-refractivity contribution < 1.29 is 13.2 Å². The van der Waals surface area contributed by atoms with Crippen LogP contribution in [0.3, 0.4) is 0 Å². The van der Waals surface area contributed by atoms with Crippen molar-refractivity contribution in [3.63, 3.8) is 0 Å². The van der Waals surface area contributed by atoms with Crippen LogP contribution in [0.4, 0.5) is 0 Å². The highest BCUT2D eigenvalue weighted by atomic mass is 79.9. The van der Waals surface area contributed by atoms with Crippen molar-refractivity contribution in [3.8, 4) is 0 Å². The molecule has 1 aromatic carbocycles. The van der Waals surface area contributed by atoms with E-state index < -0.39 is 15.6 Å². The number of carbonyl (C=O) groups excluding carboxylic acids is 1. The summed E-state index contributed by atoms with van der Waals surface area (Å²) in [5, 5.41) is 0. The van der Waals surface area contributed by atoms with E-state index in [0.29, 0.717) is 0 Å². The fraction of sp³-hybridized carbons (Fsp3) is 0.250. The molecule has 0 saturated carbocycles. The van der Waals surface area contributed by atoms with Crippen LogP contribution in [0.2, 0.25) is 0 Å². The van der Waals surface area contributed by atoms with Crippen LogP contribution in [0.1, 0.15) is 10.4 Å². The van der Waals surface area contributed by atoms with Crippen LogP contribution < -0.4 is 5.56 Å². The smallest absolute Gasteiger partial charge is 0.260 e. The van der Waals surface area contributed by atoms with E-state index in [9.17, 15) is 18.0 Å². The Morgan fingerprint density at radius 3 is 2.28 bits per heavy atom. The van der Waals surface area contributed by atoms with Crippen molar-refractivity contribution in [1.29, 1.82) is 0 Å². The predicted molar refractivity (Wildman–Crippen MR) is 95.9 cm³/mol. The Balaban J connectivity index is 1.71. The Kier molecular flexibility index (Phi) is 5.07. The Bertz CT molecular complexity index is 932. The minimum Gasteiger partial charge on any atom is -0.336 e. The third kappa shape index (κ3) is 3.68. The quantitative estimate of drug-likeness (QED) is 0.801. The SMILES string of the molecule is O=C(c1ccc[nH]c1=O)N1CCN(S(=O)(=O)c2ccc(Br)cc2)CC1. The third-order valence-electron chi connectivity index (χ3n) is 4.03. The van der Waals surface area contributed by atoms with Crippen LogP contribution in [-0.4, -0.2) is 54.7 Å². The van der Waals surface area contributed by atoms with E-state index in [4.69, 9.17) is 0 Å². The highest BCUT2D eigenvalue weighted by molar-refractivity contribution is 9.10. The molecule has 0 unspecified atom stereocenters. The molecule has 7 nitrogen and oxygen atoms in total. The molecule has 0 aliphatic carbocycles. The number of benzene rings is 1. The predicted octanol–water partition coefficient (Wildman–Crippen LogP) is 1.28. The van der Waals surface area contributed by atoms with Gasteiger partial charge in [-0.25, -0.2) is 8.42 Å². The summed E-state index contributed by atoms with van der Waals surface area (Å²) in [6.07, 6.45) is 1.46. The zero-order valence-electron chi connectivity index (χ0n) is 13.2. The molecule has 132 valence electrons. The standard InChI is InChI=1S/C16H16BrN3O4S/c17-12-3-5-13(6-4-12)25(23,24)20-10-8-19(9-11-20)16(22)14-2-1-7-18-15(14)21/h1-7H,8-11H2,(H,18,21). The molecule has 1 amide bonds. The Hall–Kier alpha value is -1.97. The van der Waals surface area contributed by atoms with Crippen LogP contribution in [0.5, 0.6) is 0 Å². The maximum absolute atomic E-state index is 12.7. The molecule has 1 aliphatic rings. The normalized spacial score (nSPS) is 16.0. The average molecular weight is 426 g/mol. The van der Waals surface area contributed by atoms with Gasteiger partial charge in [-0.15, -0.1) is 0 Å². The first-order valence-corrected chi connectivity index (χ1v) is 9.85. The van der Waals surface area contributed by atoms with Crippen molar-refractivity contribution in [3.05, 3.63) is 63.0 Å². The lowest BCUT2D eigenvalue weighted by molar-refractivity contribution is 0.0696. The van der Waals surface area contributed by atoms with Crippen molar-refractivity contribution in [1.82, 2.24) is 14.2 Å². The summed E-state index contributed by atoms with van der Waals surface area (Å²) in [7, 11) is -3.59. The third-order valence-corrected chi connectivity index (χ3v) is 6.47. The number of amides is 1. The number of nitrogens with zero attached hydrogens (tertiary/aromatic N) is 2. The van der Waals surface area contributed by atoms with Gasteiger partial charge in [-0.2, -0.15) is 4.31 Å². The number of hydrogen-bond acceptors (Lipinski definition) is 4. The molecule has 1 N–H and O–H groups in total. The van der Waals surface area contributed by atoms with Gasteiger partial charge in [0.2, 0.25) is 10.0 Å². The number of nitrogens with one attached hydrogen (secondary N) is 1. The lowest BCUT2D eigenvalue weighted by atomic mass is 10.2. The van der Waals surface area contributed by atoms with Crippen molar-refractivity contribution in [2.45, 2.75) is 4.90 Å². The van der Waals surface area contributed by atoms with E-state index in [-0.39, 0.29) is 42.5 Å². The highest BCUT2D eigenvalue weighted by Crippen LogP contribution is 2.20. The number of piperazine rings is 1. The van der Waals surface area contributed by atoms with E-state index in [1.807, 2.05) is 0 Å². The number of carbonyl (C=O) groups is 1. The first-order valence-electron chi connectivity index (χ1n) is 7.62. The summed E-state index contributed by atoms with van der Waals surface area (Å²) in [5.74, 6) is -0.387. The van der Waals surface area contributed by atoms with Crippen LogP contribution in [0, 0.1) is 0 Å². The number of aromatic nitrogens is 1. The van der Waals surface area contributed by atoms with Gasteiger partial charge >= 0.3 is 0 Å². The van der Waals surface area contributed by atoms with Gasteiger partial charge in [0.05, 0.1) is 4.90 Å². The Morgan fingerprint density at radius 2 is 1.68 bits per heavy atom. The Morgan fingerprint density at radius 1 is 1.04 bits per heavy atom. The molecule has 1 fully saturated rings. The van der Waals surface area contributed by atoms with Gasteiger partial charge in [-0.3, -0.25) is 9.59 Å². The summed E-state index contributed by atoms with van der Waals surface area (Å²) in [4.78, 5) is 28.3. The zero-order chi connectivity index (χ0) is 18.0. The topological polar surface area (TPSA) is 90.6 Å². The van der Waals surface area contributed by atoms with Crippen LogP contribution in [-0.2, 0) is 10.0 Å². The van der Waals surface area contributed by atoms with Gasteiger partial charge in [0.1, 0.15) is 5.56 Å². The summed E-state index contributed by atoms with van der Waals surface area (Å²) >= 11 is 3.28. The van der Waals surface area contributed by atoms with Gasteiger partial charge in [-0.05, 0) is 36.4 Å². The molecule has 0 bridgehead atoms. The molecule has 3 rings (SSSR count). The molecule has 1 aliphatic heterocycles. The fourth-order valence-electron chi connectivity index (χ4n) is 2.65. The summed E-state index contributed by atoms with van der Waals surface area (Å²) in [5.41, 5.74) is -0.385. The van der Waals surface area contributed by atoms with Gasteiger partial charge in [0, 0.05) is 36.8 Å². The van der Waals surface area contributed by atoms with Gasteiger partial charge in [0.25, 0.3) is 11.5 Å². The van der Waals surface area contributed by atoms with E-state index in [2.05, 4.69) is 20.9 Å². The van der Waals surface area contributed by atoms with E-state index in [0.717, 1.165) is 4.47 Å². The molecule has 1 saturated heterocycles. The number of hydrogen-bond donors (Lipinski definition) is 1. The molecule has 1 aromatic heterocycles. The molecule has 2 heterocycles. The van der Waals surface area contributed by atoms with Gasteiger partial charge < -0.3 is 9.88 Å². The van der Waals surface area contributed by atoms with E-state index in [1.54, 1.807) is 30.3 Å². The number of aromatic amines is 1. The van der Waals surface area contributed by atoms with Gasteiger partial charge in [-0.1, -0.05) is 15.9 Å². The average Bonchev–Trinajstić information content (AvgIpc) is 2.62. The summed E-state index contributed by atoms with van der Waals surface area (Å²) in [6, 6.07) is 9.48. The monoisotopic (exact) mass is 425 g/mol. The maximum atomic E-state index is 12.7. The zero-order valence-corrected chi connectivity index (χ0v) is 15.6. The summed E-state index contributed by atoms with van der Waals surface area (Å²) < 4.78 is 27.5. The number of H-pyrrole nitrogens is 1. The van der Waals surface area contributed by atoms with Gasteiger partial charge in [0.15, 0.2) is 0 Å². The Labute approximate surface area is 153 Å². The highest BCUT2D eigenvalue weighted by Gasteiger charge is 2.30. The minimum atomic E-state index is -3.59. The molecule has 0 atom stereocenters. The molecule has 2 aromatic rings. The molecule has 25 heavy (non-hydrogen) atoms. The maximum Gasteiger partial charge on any atom is 0.260 e. The first-order chi connectivity index (χ1) is 11.9. The number of pyridine rings is 1.